The molecule has 4 aromatic rings. The zero-order chi connectivity index (χ0) is 43.2. The number of hydrogen-bond donors (Lipinski definition) is 1. The predicted octanol–water partition coefficient (Wildman–Crippen LogP) is 8.92. The highest BCUT2D eigenvalue weighted by Crippen LogP contribution is 2.38. The maximum absolute atomic E-state index is 15.1. The number of para-hydroxylation sites is 1. The highest BCUT2D eigenvalue weighted by atomic mass is 28.4. The molecule has 0 aromatic heterocycles. The van der Waals surface area contributed by atoms with E-state index >= 15 is 26.3 Å². The van der Waals surface area contributed by atoms with E-state index in [9.17, 15) is 39.5 Å². The van der Waals surface area contributed by atoms with E-state index in [-0.39, 0.29) is 19.8 Å². The van der Waals surface area contributed by atoms with E-state index in [0.29, 0.717) is 0 Å². The van der Waals surface area contributed by atoms with E-state index < -0.39 is 144 Å². The fourth-order valence-corrected chi connectivity index (χ4v) is 9.90. The first kappa shape index (κ1) is 47.3. The Balaban J connectivity index is 0.000000847. The van der Waals surface area contributed by atoms with Gasteiger partial charge in [0.05, 0.1) is 14.1 Å². The van der Waals surface area contributed by atoms with Crippen molar-refractivity contribution < 1.29 is 84.0 Å². The van der Waals surface area contributed by atoms with Crippen LogP contribution in [0.5, 0.6) is 0 Å². The standard InChI is InChI=1S/C28H23BF15O3Si.C8H11N/c1-4-45-48(46-5-2,47-6-3)10-29(7-11-14(30)20(36)26(42)21(37)15(11)31,8-12-16(32)22(38)27(43)23(39)17(12)33)9-13-18(34)24(40)28(44)25(41)19(13)35;1-9(2)8-6-4-3-5-7-8/h4-10H2,1-3H3;3-7H,1-2H3/q-1;/p+1. The summed E-state index contributed by atoms with van der Waals surface area (Å²) in [5.74, 6) is -40.3. The van der Waals surface area contributed by atoms with Crippen molar-refractivity contribution in [3.63, 3.8) is 0 Å². The Labute approximate surface area is 318 Å². The molecule has 0 atom stereocenters. The van der Waals surface area contributed by atoms with Crippen LogP contribution in [0.3, 0.4) is 0 Å². The smallest absolute Gasteiger partial charge is 0.376 e. The molecule has 0 aliphatic heterocycles. The van der Waals surface area contributed by atoms with Crippen LogP contribution in [0.15, 0.2) is 30.3 Å². The fourth-order valence-electron chi connectivity index (χ4n) is 6.48. The Morgan fingerprint density at radius 2 is 0.667 bits per heavy atom. The molecule has 0 spiro atoms. The normalized spacial score (nSPS) is 12.0. The molecule has 0 aliphatic carbocycles. The molecule has 0 radical (unpaired) electrons. The van der Waals surface area contributed by atoms with Crippen LogP contribution in [-0.4, -0.2) is 48.9 Å². The van der Waals surface area contributed by atoms with E-state index in [2.05, 4.69) is 38.4 Å². The summed E-state index contributed by atoms with van der Waals surface area (Å²) in [6, 6.07) is 10.4. The topological polar surface area (TPSA) is 32.1 Å². The number of benzene rings is 4. The van der Waals surface area contributed by atoms with Crippen molar-refractivity contribution in [3.05, 3.63) is 134 Å². The van der Waals surface area contributed by atoms with Crippen molar-refractivity contribution >= 4 is 20.6 Å². The Morgan fingerprint density at radius 1 is 0.421 bits per heavy atom. The van der Waals surface area contributed by atoms with Gasteiger partial charge in [-0.1, -0.05) is 18.2 Å². The quantitative estimate of drug-likeness (QED) is 0.0562. The molecule has 0 saturated carbocycles. The summed E-state index contributed by atoms with van der Waals surface area (Å²) in [6.45, 7) is 2.83. The molecule has 0 amide bonds. The second kappa shape index (κ2) is 19.6. The second-order valence-electron chi connectivity index (χ2n) is 13.0. The van der Waals surface area contributed by atoms with Gasteiger partial charge in [-0.3, -0.25) is 0 Å². The van der Waals surface area contributed by atoms with Crippen LogP contribution in [0.1, 0.15) is 37.5 Å². The number of rotatable bonds is 15. The van der Waals surface area contributed by atoms with Crippen LogP contribution in [-0.2, 0) is 32.2 Å². The predicted molar refractivity (Wildman–Crippen MR) is 180 cm³/mol. The van der Waals surface area contributed by atoms with E-state index in [1.807, 2.05) is 6.07 Å². The summed E-state index contributed by atoms with van der Waals surface area (Å²) in [5, 5.41) is 0. The third-order valence-corrected chi connectivity index (χ3v) is 12.5. The molecule has 0 heterocycles. The minimum Gasteiger partial charge on any atom is -0.376 e. The Hall–Kier alpha value is -4.05. The lowest BCUT2D eigenvalue weighted by Crippen LogP contribution is -3.00. The molecule has 0 fully saturated rings. The lowest BCUT2D eigenvalue weighted by Gasteiger charge is -2.45. The van der Waals surface area contributed by atoms with Gasteiger partial charge >= 0.3 is 8.80 Å². The summed E-state index contributed by atoms with van der Waals surface area (Å²) in [4.78, 5) is 1.37. The third kappa shape index (κ3) is 10.2. The molecule has 4 aromatic carbocycles. The van der Waals surface area contributed by atoms with Gasteiger partial charge in [-0.25, -0.2) is 65.9 Å². The molecule has 0 aliphatic rings. The van der Waals surface area contributed by atoms with Crippen molar-refractivity contribution in [3.8, 4) is 0 Å². The minimum absolute atomic E-state index is 0.369. The van der Waals surface area contributed by atoms with Crippen molar-refractivity contribution in [1.82, 2.24) is 0 Å². The lowest BCUT2D eigenvalue weighted by molar-refractivity contribution is -0.786. The summed E-state index contributed by atoms with van der Waals surface area (Å²) in [7, 11) is -0.362. The van der Waals surface area contributed by atoms with Gasteiger partial charge in [0, 0.05) is 26.0 Å². The van der Waals surface area contributed by atoms with Crippen LogP contribution in [0.2, 0.25) is 5.94 Å². The first-order chi connectivity index (χ1) is 26.6. The van der Waals surface area contributed by atoms with Gasteiger partial charge in [0.1, 0.15) is 5.69 Å². The highest BCUT2D eigenvalue weighted by molar-refractivity contribution is 6.89. The van der Waals surface area contributed by atoms with E-state index in [1.54, 1.807) is 0 Å². The lowest BCUT2D eigenvalue weighted by atomic mass is 9.19. The average molecular weight is 854 g/mol. The number of halogens is 15. The van der Waals surface area contributed by atoms with Crippen LogP contribution >= 0.6 is 0 Å². The third-order valence-electron chi connectivity index (χ3n) is 8.94. The number of nitrogens with one attached hydrogen (secondary N) is 1. The van der Waals surface area contributed by atoms with Gasteiger partial charge in [0.15, 0.2) is 69.8 Å². The summed E-state index contributed by atoms with van der Waals surface area (Å²) in [6.07, 6.45) is -9.27. The fraction of sp³-hybridized carbons (Fsp3) is 0.333. The van der Waals surface area contributed by atoms with Crippen molar-refractivity contribution in [2.24, 2.45) is 0 Å². The Morgan fingerprint density at radius 3 is 0.877 bits per heavy atom. The SMILES string of the molecule is CCO[Si](C[B-](Cc1c(F)c(F)c(F)c(F)c1F)(Cc1c(F)c(F)c(F)c(F)c1F)Cc1c(F)c(F)c(F)c(F)c1F)(OCC)OCC.C[NH+](C)c1ccccc1. The highest BCUT2D eigenvalue weighted by Gasteiger charge is 2.48. The van der Waals surface area contributed by atoms with Crippen molar-refractivity contribution in [1.29, 1.82) is 0 Å². The van der Waals surface area contributed by atoms with Crippen LogP contribution < -0.4 is 4.90 Å². The zero-order valence-electron chi connectivity index (χ0n) is 30.8. The van der Waals surface area contributed by atoms with E-state index in [4.69, 9.17) is 13.3 Å². The second-order valence-corrected chi connectivity index (χ2v) is 15.7. The molecule has 0 unspecified atom stereocenters. The molecule has 314 valence electrons. The first-order valence-electron chi connectivity index (χ1n) is 17.1. The van der Waals surface area contributed by atoms with Gasteiger partial charge in [0.25, 0.3) is 0 Å². The molecular formula is C36H35BF15NO3Si. The molecular weight excluding hydrogens is 818 g/mol. The average Bonchev–Trinajstić information content (AvgIpc) is 3.19. The van der Waals surface area contributed by atoms with Gasteiger partial charge in [-0.15, -0.1) is 24.9 Å². The van der Waals surface area contributed by atoms with Crippen LogP contribution in [0.25, 0.3) is 0 Å². The van der Waals surface area contributed by atoms with Crippen LogP contribution in [0, 0.1) is 87.3 Å². The summed E-state index contributed by atoms with van der Waals surface area (Å²) >= 11 is 0. The van der Waals surface area contributed by atoms with E-state index in [0.717, 1.165) is 0 Å². The maximum atomic E-state index is 15.1. The molecule has 0 saturated heterocycles. The number of quaternary nitrogens is 1. The van der Waals surface area contributed by atoms with Crippen LogP contribution in [0.4, 0.5) is 71.5 Å². The van der Waals surface area contributed by atoms with Gasteiger partial charge in [-0.05, 0) is 49.6 Å². The summed E-state index contributed by atoms with van der Waals surface area (Å²) in [5.41, 5.74) is -4.15. The largest absolute Gasteiger partial charge is 0.464 e. The molecule has 57 heavy (non-hydrogen) atoms. The first-order valence-corrected chi connectivity index (χ1v) is 19.1. The number of hydrogen-bond acceptors (Lipinski definition) is 3. The Bertz CT molecular complexity index is 1780. The van der Waals surface area contributed by atoms with Gasteiger partial charge in [0.2, 0.25) is 17.5 Å². The van der Waals surface area contributed by atoms with Crippen molar-refractivity contribution in [2.45, 2.75) is 45.7 Å². The van der Waals surface area contributed by atoms with Gasteiger partial charge < -0.3 is 18.2 Å². The molecule has 4 nitrogen and oxygen atoms in total. The molecule has 1 N–H and O–H groups in total. The molecule has 21 heteroatoms. The summed E-state index contributed by atoms with van der Waals surface area (Å²) < 4.78 is 236. The molecule has 4 rings (SSSR count). The van der Waals surface area contributed by atoms with Crippen molar-refractivity contribution in [2.75, 3.05) is 33.9 Å². The van der Waals surface area contributed by atoms with Gasteiger partial charge in [-0.2, -0.15) is 0 Å². The Kier molecular flexibility index (Phi) is 16.3. The zero-order valence-corrected chi connectivity index (χ0v) is 31.8. The minimum atomic E-state index is -4.60. The maximum Gasteiger partial charge on any atom is 0.464 e. The monoisotopic (exact) mass is 853 g/mol. The van der Waals surface area contributed by atoms with E-state index in [1.165, 1.54) is 31.4 Å². The molecule has 0 bridgehead atoms.